The van der Waals surface area contributed by atoms with Crippen LogP contribution in [-0.4, -0.2) is 45.8 Å². The minimum absolute atomic E-state index is 0.114. The number of aromatic hydroxyl groups is 1. The van der Waals surface area contributed by atoms with Crippen LogP contribution in [0.5, 0.6) is 11.5 Å². The number of hydrogen-bond acceptors (Lipinski definition) is 6. The molecule has 0 aliphatic heterocycles. The van der Waals surface area contributed by atoms with Gasteiger partial charge in [-0.1, -0.05) is 12.1 Å². The maximum atomic E-state index is 12.6. The van der Waals surface area contributed by atoms with Gasteiger partial charge in [0.2, 0.25) is 0 Å². The maximum Gasteiger partial charge on any atom is 0.328 e. The molecule has 0 radical (unpaired) electrons. The van der Waals surface area contributed by atoms with Crippen LogP contribution in [-0.2, 0) is 9.53 Å². The van der Waals surface area contributed by atoms with Crippen LogP contribution in [0.1, 0.15) is 37.3 Å². The molecule has 1 aromatic carbocycles. The average Bonchev–Trinajstić information content (AvgIpc) is 3.18. The Morgan fingerprint density at radius 1 is 1.19 bits per heavy atom. The number of esters is 1. The summed E-state index contributed by atoms with van der Waals surface area (Å²) in [7, 11) is 1.37. The second-order valence-electron chi connectivity index (χ2n) is 7.19. The molecule has 3 atom stereocenters. The zero-order valence-corrected chi connectivity index (χ0v) is 19.2. The fraction of sp³-hybridized carbons (Fsp3) is 0.318. The van der Waals surface area contributed by atoms with Crippen molar-refractivity contribution in [1.82, 2.24) is 14.9 Å². The third kappa shape index (κ3) is 4.66. The second-order valence-corrected chi connectivity index (χ2v) is 8.04. The van der Waals surface area contributed by atoms with E-state index in [0.717, 1.165) is 15.4 Å². The number of methoxy groups -OCH3 is 1. The van der Waals surface area contributed by atoms with Gasteiger partial charge in [-0.3, -0.25) is 4.79 Å². The first-order valence-electron chi connectivity index (χ1n) is 9.73. The molecule has 0 saturated carbocycles. The molecule has 3 aromatic rings. The van der Waals surface area contributed by atoms with Gasteiger partial charge in [0.05, 0.1) is 18.7 Å². The van der Waals surface area contributed by atoms with Gasteiger partial charge in [0.15, 0.2) is 17.2 Å². The Morgan fingerprint density at radius 2 is 1.94 bits per heavy atom. The first kappa shape index (κ1) is 22.6. The van der Waals surface area contributed by atoms with Gasteiger partial charge in [-0.2, -0.15) is 0 Å². The summed E-state index contributed by atoms with van der Waals surface area (Å²) in [5.41, 5.74) is 0.780. The molecule has 2 unspecified atom stereocenters. The first-order chi connectivity index (χ1) is 14.7. The van der Waals surface area contributed by atoms with Crippen LogP contribution in [0.3, 0.4) is 0 Å². The molecule has 8 nitrogen and oxygen atoms in total. The zero-order chi connectivity index (χ0) is 22.7. The number of amides is 1. The van der Waals surface area contributed by atoms with Crippen molar-refractivity contribution in [2.75, 3.05) is 7.11 Å². The van der Waals surface area contributed by atoms with E-state index in [4.69, 9.17) is 9.47 Å². The summed E-state index contributed by atoms with van der Waals surface area (Å²) in [5, 5.41) is 13.6. The van der Waals surface area contributed by atoms with E-state index in [-0.39, 0.29) is 17.5 Å². The van der Waals surface area contributed by atoms with E-state index in [2.05, 4.69) is 26.2 Å². The van der Waals surface area contributed by atoms with Gasteiger partial charge in [-0.15, -0.1) is 0 Å². The summed E-state index contributed by atoms with van der Waals surface area (Å²) in [6.07, 6.45) is 2.82. The van der Waals surface area contributed by atoms with Gasteiger partial charge >= 0.3 is 5.97 Å². The summed E-state index contributed by atoms with van der Waals surface area (Å²) in [5.74, 6) is -1.58. The van der Waals surface area contributed by atoms with E-state index in [9.17, 15) is 14.7 Å². The van der Waals surface area contributed by atoms with E-state index in [1.165, 1.54) is 26.3 Å². The fourth-order valence-corrected chi connectivity index (χ4v) is 3.80. The zero-order valence-electron chi connectivity index (χ0n) is 17.6. The van der Waals surface area contributed by atoms with Crippen molar-refractivity contribution >= 4 is 38.7 Å². The van der Waals surface area contributed by atoms with Crippen molar-refractivity contribution in [1.29, 1.82) is 0 Å². The molecule has 0 aliphatic rings. The summed E-state index contributed by atoms with van der Waals surface area (Å²) in [6, 6.07) is 8.28. The minimum Gasteiger partial charge on any atom is -0.503 e. The molecule has 0 bridgehead atoms. The lowest BCUT2D eigenvalue weighted by molar-refractivity contribution is -0.151. The first-order valence-corrected chi connectivity index (χ1v) is 10.5. The average molecular weight is 490 g/mol. The van der Waals surface area contributed by atoms with Crippen LogP contribution < -0.4 is 10.1 Å². The molecule has 2 aromatic heterocycles. The third-order valence-electron chi connectivity index (χ3n) is 5.13. The molecule has 0 aliphatic carbocycles. The fourth-order valence-electron chi connectivity index (χ4n) is 3.21. The number of benzene rings is 1. The predicted molar refractivity (Wildman–Crippen MR) is 119 cm³/mol. The Kier molecular flexibility index (Phi) is 6.84. The number of carbonyl (C=O) groups excluding carboxylic acids is 2. The van der Waals surface area contributed by atoms with Crippen molar-refractivity contribution < 1.29 is 24.2 Å². The number of halogens is 1. The Morgan fingerprint density at radius 3 is 2.65 bits per heavy atom. The molecule has 2 N–H and O–H groups in total. The summed E-state index contributed by atoms with van der Waals surface area (Å²) < 4.78 is 13.6. The standard InChI is InChI=1S/C22H24BrN3O5/c1-12(25-21(28)18-20(27)17(30-4)8-10-24-18)22(29)31-14(3)13(2)26-11-9-15-6-5-7-16(23)19(15)26/h5-14,27H,1-4H3,(H,25,28)/t12-,13?,14?/m0/s1. The van der Waals surface area contributed by atoms with E-state index in [1.54, 1.807) is 6.92 Å². The van der Waals surface area contributed by atoms with Gasteiger partial charge in [0, 0.05) is 28.3 Å². The molecule has 0 spiro atoms. The summed E-state index contributed by atoms with van der Waals surface area (Å²) >= 11 is 3.57. The Bertz CT molecular complexity index is 1110. The predicted octanol–water partition coefficient (Wildman–Crippen LogP) is 3.82. The van der Waals surface area contributed by atoms with Gasteiger partial charge in [-0.05, 0) is 48.8 Å². The van der Waals surface area contributed by atoms with Gasteiger partial charge in [0.25, 0.3) is 5.91 Å². The summed E-state index contributed by atoms with van der Waals surface area (Å²) in [4.78, 5) is 28.9. The molecule has 164 valence electrons. The third-order valence-corrected chi connectivity index (χ3v) is 5.77. The number of hydrogen-bond donors (Lipinski definition) is 2. The van der Waals surface area contributed by atoms with E-state index in [1.807, 2.05) is 42.0 Å². The van der Waals surface area contributed by atoms with Crippen molar-refractivity contribution in [3.05, 3.63) is 52.9 Å². The number of pyridine rings is 1. The number of carbonyl (C=O) groups is 2. The van der Waals surface area contributed by atoms with Crippen LogP contribution in [0.15, 0.2) is 47.2 Å². The van der Waals surface area contributed by atoms with Gasteiger partial charge in [0.1, 0.15) is 12.1 Å². The van der Waals surface area contributed by atoms with Crippen LogP contribution in [0.2, 0.25) is 0 Å². The minimum atomic E-state index is -0.942. The lowest BCUT2D eigenvalue weighted by Gasteiger charge is -2.25. The van der Waals surface area contributed by atoms with E-state index < -0.39 is 29.8 Å². The van der Waals surface area contributed by atoms with Gasteiger partial charge < -0.3 is 24.5 Å². The lowest BCUT2D eigenvalue weighted by atomic mass is 10.2. The number of para-hydroxylation sites is 1. The molecule has 3 rings (SSSR count). The Labute approximate surface area is 188 Å². The number of nitrogens with zero attached hydrogens (tertiary/aromatic N) is 2. The highest BCUT2D eigenvalue weighted by Crippen LogP contribution is 2.30. The smallest absolute Gasteiger partial charge is 0.328 e. The molecular formula is C22H24BrN3O5. The Balaban J connectivity index is 1.67. The topological polar surface area (TPSA) is 103 Å². The van der Waals surface area contributed by atoms with Crippen LogP contribution >= 0.6 is 15.9 Å². The largest absolute Gasteiger partial charge is 0.503 e. The Hall–Kier alpha value is -3.07. The number of ether oxygens (including phenoxy) is 2. The maximum absolute atomic E-state index is 12.6. The van der Waals surface area contributed by atoms with Crippen molar-refractivity contribution in [2.45, 2.75) is 39.0 Å². The monoisotopic (exact) mass is 489 g/mol. The number of rotatable bonds is 7. The number of nitrogens with one attached hydrogen (secondary N) is 1. The SMILES string of the molecule is COc1ccnc(C(=O)N[C@@H](C)C(=O)OC(C)C(C)n2ccc3cccc(Br)c32)c1O. The molecule has 31 heavy (non-hydrogen) atoms. The van der Waals surface area contributed by atoms with Crippen LogP contribution in [0.4, 0.5) is 0 Å². The number of aromatic nitrogens is 2. The van der Waals surface area contributed by atoms with E-state index >= 15 is 0 Å². The summed E-state index contributed by atoms with van der Waals surface area (Å²) in [6.45, 7) is 5.27. The van der Waals surface area contributed by atoms with Gasteiger partial charge in [-0.25, -0.2) is 9.78 Å². The van der Waals surface area contributed by atoms with E-state index in [0.29, 0.717) is 0 Å². The quantitative estimate of drug-likeness (QED) is 0.489. The number of fused-ring (bicyclic) bond motifs is 1. The highest BCUT2D eigenvalue weighted by Gasteiger charge is 2.26. The molecule has 0 saturated heterocycles. The highest BCUT2D eigenvalue weighted by atomic mass is 79.9. The normalized spacial score (nSPS) is 14.0. The van der Waals surface area contributed by atoms with Crippen molar-refractivity contribution in [3.8, 4) is 11.5 Å². The molecule has 0 fully saturated rings. The lowest BCUT2D eigenvalue weighted by Crippen LogP contribution is -2.41. The molecule has 9 heteroatoms. The van der Waals surface area contributed by atoms with Crippen LogP contribution in [0.25, 0.3) is 10.9 Å². The van der Waals surface area contributed by atoms with Crippen molar-refractivity contribution in [2.24, 2.45) is 0 Å². The van der Waals surface area contributed by atoms with Crippen LogP contribution in [0, 0.1) is 0 Å². The molecular weight excluding hydrogens is 466 g/mol. The second kappa shape index (κ2) is 9.38. The molecule has 1 amide bonds. The molecule has 2 heterocycles. The van der Waals surface area contributed by atoms with Crippen molar-refractivity contribution in [3.63, 3.8) is 0 Å². The highest BCUT2D eigenvalue weighted by molar-refractivity contribution is 9.10.